The normalized spacial score (nSPS) is 16.4. The largest absolute Gasteiger partial charge is 0.389 e. The standard InChI is InChI=1S/C13H16BrFN2S/c1-7(6-8-2-3-8)17-10-5-4-9(13(16)18)11(14)12(10)15/h4-5,7-8,17H,2-3,6H2,1H3,(H2,16,18). The van der Waals surface area contributed by atoms with Crippen molar-refractivity contribution in [2.45, 2.75) is 32.2 Å². The topological polar surface area (TPSA) is 38.0 Å². The van der Waals surface area contributed by atoms with Gasteiger partial charge in [-0.15, -0.1) is 0 Å². The predicted molar refractivity (Wildman–Crippen MR) is 80.4 cm³/mol. The molecule has 1 aliphatic rings. The van der Waals surface area contributed by atoms with Crippen molar-refractivity contribution >= 4 is 38.8 Å². The quantitative estimate of drug-likeness (QED) is 0.806. The number of nitrogens with one attached hydrogen (secondary N) is 1. The smallest absolute Gasteiger partial charge is 0.161 e. The summed E-state index contributed by atoms with van der Waals surface area (Å²) in [5.74, 6) is 0.484. The first-order valence-electron chi connectivity index (χ1n) is 6.03. The van der Waals surface area contributed by atoms with Gasteiger partial charge in [0.2, 0.25) is 0 Å². The minimum atomic E-state index is -0.331. The fourth-order valence-corrected chi connectivity index (χ4v) is 2.89. The second-order valence-electron chi connectivity index (χ2n) is 4.88. The highest BCUT2D eigenvalue weighted by molar-refractivity contribution is 9.10. The number of hydrogen-bond acceptors (Lipinski definition) is 2. The van der Waals surface area contributed by atoms with E-state index in [9.17, 15) is 4.39 Å². The van der Waals surface area contributed by atoms with Gasteiger partial charge in [-0.1, -0.05) is 25.1 Å². The van der Waals surface area contributed by atoms with Crippen molar-refractivity contribution in [3.63, 3.8) is 0 Å². The molecule has 1 atom stereocenters. The summed E-state index contributed by atoms with van der Waals surface area (Å²) in [4.78, 5) is 0.193. The molecule has 0 amide bonds. The third-order valence-electron chi connectivity index (χ3n) is 3.13. The van der Waals surface area contributed by atoms with Crippen molar-refractivity contribution in [3.05, 3.63) is 28.0 Å². The second kappa shape index (κ2) is 5.53. The zero-order valence-electron chi connectivity index (χ0n) is 10.2. The van der Waals surface area contributed by atoms with Crippen LogP contribution in [0.15, 0.2) is 16.6 Å². The van der Waals surface area contributed by atoms with Crippen molar-refractivity contribution in [1.29, 1.82) is 0 Å². The molecule has 2 nitrogen and oxygen atoms in total. The number of halogens is 2. The number of benzene rings is 1. The van der Waals surface area contributed by atoms with Gasteiger partial charge in [-0.3, -0.25) is 0 Å². The molecule has 5 heteroatoms. The molecule has 98 valence electrons. The Morgan fingerprint density at radius 3 is 2.83 bits per heavy atom. The van der Waals surface area contributed by atoms with Crippen LogP contribution >= 0.6 is 28.1 Å². The Kier molecular flexibility index (Phi) is 4.22. The predicted octanol–water partition coefficient (Wildman–Crippen LogP) is 3.82. The number of thiocarbonyl (C=S) groups is 1. The summed E-state index contributed by atoms with van der Waals surface area (Å²) >= 11 is 8.07. The highest BCUT2D eigenvalue weighted by Crippen LogP contribution is 2.35. The molecule has 0 radical (unpaired) electrons. The molecule has 0 heterocycles. The Morgan fingerprint density at radius 2 is 2.28 bits per heavy atom. The van der Waals surface area contributed by atoms with E-state index in [1.54, 1.807) is 12.1 Å². The summed E-state index contributed by atoms with van der Waals surface area (Å²) in [5, 5.41) is 3.20. The average molecular weight is 331 g/mol. The summed E-state index contributed by atoms with van der Waals surface area (Å²) in [6, 6.07) is 3.70. The molecule has 3 N–H and O–H groups in total. The van der Waals surface area contributed by atoms with E-state index in [0.29, 0.717) is 15.7 Å². The van der Waals surface area contributed by atoms with Crippen LogP contribution in [-0.4, -0.2) is 11.0 Å². The monoisotopic (exact) mass is 330 g/mol. The van der Waals surface area contributed by atoms with E-state index in [-0.39, 0.29) is 16.8 Å². The maximum atomic E-state index is 14.1. The minimum absolute atomic E-state index is 0.193. The zero-order chi connectivity index (χ0) is 13.3. The van der Waals surface area contributed by atoms with Crippen LogP contribution < -0.4 is 11.1 Å². The van der Waals surface area contributed by atoms with Gasteiger partial charge in [0.15, 0.2) is 5.82 Å². The van der Waals surface area contributed by atoms with E-state index in [0.717, 1.165) is 12.3 Å². The minimum Gasteiger partial charge on any atom is -0.389 e. The highest BCUT2D eigenvalue weighted by Gasteiger charge is 2.24. The lowest BCUT2D eigenvalue weighted by Gasteiger charge is -2.17. The molecule has 1 aromatic rings. The first-order valence-corrected chi connectivity index (χ1v) is 7.23. The molecule has 0 aliphatic heterocycles. The lowest BCUT2D eigenvalue weighted by molar-refractivity contribution is 0.605. The molecule has 0 bridgehead atoms. The van der Waals surface area contributed by atoms with E-state index in [1.807, 2.05) is 0 Å². The average Bonchev–Trinajstić information content (AvgIpc) is 3.08. The summed E-state index contributed by atoms with van der Waals surface area (Å²) < 4.78 is 14.4. The molecule has 1 unspecified atom stereocenters. The zero-order valence-corrected chi connectivity index (χ0v) is 12.6. The molecular weight excluding hydrogens is 315 g/mol. The van der Waals surface area contributed by atoms with Crippen LogP contribution in [0.3, 0.4) is 0 Å². The van der Waals surface area contributed by atoms with Crippen molar-refractivity contribution in [2.75, 3.05) is 5.32 Å². The van der Waals surface area contributed by atoms with Crippen LogP contribution in [0.4, 0.5) is 10.1 Å². The first kappa shape index (κ1) is 13.7. The highest BCUT2D eigenvalue weighted by atomic mass is 79.9. The first-order chi connectivity index (χ1) is 8.49. The van der Waals surface area contributed by atoms with Crippen LogP contribution in [-0.2, 0) is 0 Å². The maximum absolute atomic E-state index is 14.1. The van der Waals surface area contributed by atoms with Gasteiger partial charge in [0, 0.05) is 11.6 Å². The van der Waals surface area contributed by atoms with Gasteiger partial charge in [-0.25, -0.2) is 4.39 Å². The number of rotatable bonds is 5. The molecule has 18 heavy (non-hydrogen) atoms. The summed E-state index contributed by atoms with van der Waals surface area (Å²) in [5.41, 5.74) is 6.55. The fraction of sp³-hybridized carbons (Fsp3) is 0.462. The maximum Gasteiger partial charge on any atom is 0.161 e. The Bertz CT molecular complexity index is 474. The summed E-state index contributed by atoms with van der Waals surface area (Å²) in [6.45, 7) is 2.08. The van der Waals surface area contributed by atoms with Crippen LogP contribution in [0, 0.1) is 11.7 Å². The molecule has 2 rings (SSSR count). The molecule has 0 saturated heterocycles. The Labute approximate surface area is 120 Å². The van der Waals surface area contributed by atoms with Gasteiger partial charge in [0.1, 0.15) is 4.99 Å². The molecule has 0 aromatic heterocycles. The molecule has 1 fully saturated rings. The number of hydrogen-bond donors (Lipinski definition) is 2. The van der Waals surface area contributed by atoms with Gasteiger partial charge in [0.25, 0.3) is 0 Å². The summed E-state index contributed by atoms with van der Waals surface area (Å²) in [6.07, 6.45) is 3.70. The lowest BCUT2D eigenvalue weighted by Crippen LogP contribution is -2.18. The molecular formula is C13H16BrFN2S. The van der Waals surface area contributed by atoms with Crippen LogP contribution in [0.5, 0.6) is 0 Å². The van der Waals surface area contributed by atoms with Gasteiger partial charge >= 0.3 is 0 Å². The number of nitrogens with two attached hydrogens (primary N) is 1. The van der Waals surface area contributed by atoms with Crippen molar-refractivity contribution in [2.24, 2.45) is 11.7 Å². The fourth-order valence-electron chi connectivity index (χ4n) is 2.03. The molecule has 0 spiro atoms. The third-order valence-corrected chi connectivity index (χ3v) is 4.13. The lowest BCUT2D eigenvalue weighted by atomic mass is 10.1. The van der Waals surface area contributed by atoms with Gasteiger partial charge in [-0.05, 0) is 47.3 Å². The van der Waals surface area contributed by atoms with Crippen molar-refractivity contribution < 1.29 is 4.39 Å². The van der Waals surface area contributed by atoms with E-state index in [4.69, 9.17) is 18.0 Å². The van der Waals surface area contributed by atoms with Gasteiger partial charge < -0.3 is 11.1 Å². The van der Waals surface area contributed by atoms with Gasteiger partial charge in [0.05, 0.1) is 10.2 Å². The molecule has 1 saturated carbocycles. The Balaban J connectivity index is 2.13. The van der Waals surface area contributed by atoms with Crippen molar-refractivity contribution in [3.8, 4) is 0 Å². The van der Waals surface area contributed by atoms with Crippen LogP contribution in [0.2, 0.25) is 0 Å². The van der Waals surface area contributed by atoms with Crippen LogP contribution in [0.1, 0.15) is 31.7 Å². The van der Waals surface area contributed by atoms with Crippen molar-refractivity contribution in [1.82, 2.24) is 0 Å². The third kappa shape index (κ3) is 3.20. The Morgan fingerprint density at radius 1 is 1.61 bits per heavy atom. The van der Waals surface area contributed by atoms with Gasteiger partial charge in [-0.2, -0.15) is 0 Å². The molecule has 1 aromatic carbocycles. The van der Waals surface area contributed by atoms with E-state index < -0.39 is 0 Å². The van der Waals surface area contributed by atoms with E-state index in [2.05, 4.69) is 28.2 Å². The van der Waals surface area contributed by atoms with Crippen LogP contribution in [0.25, 0.3) is 0 Å². The SMILES string of the molecule is CC(CC1CC1)Nc1ccc(C(N)=S)c(Br)c1F. The number of anilines is 1. The van der Waals surface area contributed by atoms with E-state index in [1.165, 1.54) is 12.8 Å². The second-order valence-corrected chi connectivity index (χ2v) is 6.11. The summed E-state index contributed by atoms with van der Waals surface area (Å²) in [7, 11) is 0. The molecule has 1 aliphatic carbocycles. The Hall–Kier alpha value is -0.680. The van der Waals surface area contributed by atoms with E-state index >= 15 is 0 Å².